The van der Waals surface area contributed by atoms with Crippen LogP contribution >= 0.6 is 0 Å². The molecule has 1 N–H and O–H groups in total. The summed E-state index contributed by atoms with van der Waals surface area (Å²) in [4.78, 5) is 10.1. The number of nitrogens with zero attached hydrogens (tertiary/aromatic N) is 2. The number of nitriles is 1. The summed E-state index contributed by atoms with van der Waals surface area (Å²) >= 11 is 0. The van der Waals surface area contributed by atoms with E-state index in [1.54, 1.807) is 6.07 Å². The molecule has 1 aromatic carbocycles. The number of ether oxygens (including phenoxy) is 1. The Hall–Kier alpha value is -2.13. The third-order valence-electron chi connectivity index (χ3n) is 2.94. The van der Waals surface area contributed by atoms with E-state index in [9.17, 15) is 10.1 Å². The number of nitro groups is 1. The molecule has 0 spiro atoms. The Morgan fingerprint density at radius 3 is 3.06 bits per heavy atom. The lowest BCUT2D eigenvalue weighted by molar-refractivity contribution is -0.384. The summed E-state index contributed by atoms with van der Waals surface area (Å²) in [5.74, 6) is 0.437. The molecule has 94 valence electrons. The lowest BCUT2D eigenvalue weighted by Crippen LogP contribution is -2.14. The zero-order valence-corrected chi connectivity index (χ0v) is 9.76. The second-order valence-corrected chi connectivity index (χ2v) is 4.21. The van der Waals surface area contributed by atoms with E-state index in [4.69, 9.17) is 10.00 Å². The van der Waals surface area contributed by atoms with Gasteiger partial charge in [-0.05, 0) is 12.5 Å². The van der Waals surface area contributed by atoms with Gasteiger partial charge >= 0.3 is 0 Å². The van der Waals surface area contributed by atoms with Gasteiger partial charge < -0.3 is 10.1 Å². The predicted molar refractivity (Wildman–Crippen MR) is 65.2 cm³/mol. The number of non-ortho nitro benzene ring substituents is 1. The summed E-state index contributed by atoms with van der Waals surface area (Å²) in [6, 6.07) is 6.23. The molecule has 0 bridgehead atoms. The van der Waals surface area contributed by atoms with Gasteiger partial charge in [0.05, 0.1) is 22.8 Å². The van der Waals surface area contributed by atoms with Gasteiger partial charge in [-0.3, -0.25) is 10.1 Å². The minimum absolute atomic E-state index is 0.0682. The SMILES string of the molecule is N#Cc1cc([N+](=O)[O-])ccc1NCC1CCOC1. The fourth-order valence-corrected chi connectivity index (χ4v) is 1.89. The largest absolute Gasteiger partial charge is 0.384 e. The standard InChI is InChI=1S/C12H13N3O3/c13-6-10-5-11(15(16)17)1-2-12(10)14-7-9-3-4-18-8-9/h1-2,5,9,14H,3-4,7-8H2. The molecule has 0 aliphatic carbocycles. The molecule has 6 nitrogen and oxygen atoms in total. The molecule has 1 unspecified atom stereocenters. The summed E-state index contributed by atoms with van der Waals surface area (Å²) < 4.78 is 5.26. The number of anilines is 1. The third-order valence-corrected chi connectivity index (χ3v) is 2.94. The Labute approximate surface area is 104 Å². The van der Waals surface area contributed by atoms with E-state index < -0.39 is 4.92 Å². The maximum absolute atomic E-state index is 10.6. The monoisotopic (exact) mass is 247 g/mol. The molecule has 1 aliphatic rings. The summed E-state index contributed by atoms with van der Waals surface area (Å²) in [6.45, 7) is 2.21. The summed E-state index contributed by atoms with van der Waals surface area (Å²) in [5, 5.41) is 22.7. The molecule has 1 fully saturated rings. The van der Waals surface area contributed by atoms with Crippen LogP contribution in [0.25, 0.3) is 0 Å². The van der Waals surface area contributed by atoms with E-state index in [2.05, 4.69) is 5.32 Å². The topological polar surface area (TPSA) is 88.2 Å². The zero-order chi connectivity index (χ0) is 13.0. The van der Waals surface area contributed by atoms with Crippen molar-refractivity contribution in [3.05, 3.63) is 33.9 Å². The van der Waals surface area contributed by atoms with Gasteiger partial charge in [-0.1, -0.05) is 0 Å². The molecule has 18 heavy (non-hydrogen) atoms. The number of hydrogen-bond donors (Lipinski definition) is 1. The first-order valence-corrected chi connectivity index (χ1v) is 5.71. The van der Waals surface area contributed by atoms with E-state index >= 15 is 0 Å². The molecule has 0 amide bonds. The van der Waals surface area contributed by atoms with Crippen LogP contribution in [0.5, 0.6) is 0 Å². The molecular weight excluding hydrogens is 234 g/mol. The van der Waals surface area contributed by atoms with Crippen molar-refractivity contribution in [1.82, 2.24) is 0 Å². The predicted octanol–water partition coefficient (Wildman–Crippen LogP) is 1.91. The van der Waals surface area contributed by atoms with Crippen LogP contribution in [0.1, 0.15) is 12.0 Å². The molecule has 1 saturated heterocycles. The van der Waals surface area contributed by atoms with E-state index in [1.165, 1.54) is 12.1 Å². The molecule has 1 atom stereocenters. The van der Waals surface area contributed by atoms with Crippen LogP contribution in [0, 0.1) is 27.4 Å². The molecule has 0 aromatic heterocycles. The molecule has 2 rings (SSSR count). The Morgan fingerprint density at radius 1 is 1.61 bits per heavy atom. The van der Waals surface area contributed by atoms with Crippen molar-refractivity contribution in [3.63, 3.8) is 0 Å². The molecule has 0 radical (unpaired) electrons. The fourth-order valence-electron chi connectivity index (χ4n) is 1.89. The van der Waals surface area contributed by atoms with Crippen molar-refractivity contribution in [2.45, 2.75) is 6.42 Å². The minimum Gasteiger partial charge on any atom is -0.384 e. The van der Waals surface area contributed by atoms with Crippen LogP contribution in [0.15, 0.2) is 18.2 Å². The smallest absolute Gasteiger partial charge is 0.270 e. The van der Waals surface area contributed by atoms with Crippen molar-refractivity contribution >= 4 is 11.4 Å². The number of nitrogens with one attached hydrogen (secondary N) is 1. The van der Waals surface area contributed by atoms with Gasteiger partial charge in [0.25, 0.3) is 5.69 Å². The third kappa shape index (κ3) is 2.76. The Balaban J connectivity index is 2.07. The molecule has 1 aliphatic heterocycles. The number of nitro benzene ring substituents is 1. The maximum atomic E-state index is 10.6. The van der Waals surface area contributed by atoms with Crippen LogP contribution in [-0.2, 0) is 4.74 Å². The van der Waals surface area contributed by atoms with E-state index in [0.717, 1.165) is 19.6 Å². The van der Waals surface area contributed by atoms with E-state index in [0.29, 0.717) is 23.7 Å². The Morgan fingerprint density at radius 2 is 2.44 bits per heavy atom. The molecule has 1 heterocycles. The van der Waals surface area contributed by atoms with Crippen LogP contribution in [-0.4, -0.2) is 24.7 Å². The maximum Gasteiger partial charge on any atom is 0.270 e. The molecule has 6 heteroatoms. The molecule has 1 aromatic rings. The van der Waals surface area contributed by atoms with Gasteiger partial charge in [0.15, 0.2) is 0 Å². The highest BCUT2D eigenvalue weighted by Gasteiger charge is 2.16. The van der Waals surface area contributed by atoms with Crippen LogP contribution in [0.3, 0.4) is 0 Å². The van der Waals surface area contributed by atoms with Crippen molar-refractivity contribution < 1.29 is 9.66 Å². The highest BCUT2D eigenvalue weighted by molar-refractivity contribution is 5.61. The highest BCUT2D eigenvalue weighted by atomic mass is 16.6. The minimum atomic E-state index is -0.505. The van der Waals surface area contributed by atoms with Crippen molar-refractivity contribution in [3.8, 4) is 6.07 Å². The summed E-state index contributed by atoms with van der Waals surface area (Å²) in [7, 11) is 0. The number of benzene rings is 1. The van der Waals surface area contributed by atoms with E-state index in [1.807, 2.05) is 6.07 Å². The first kappa shape index (κ1) is 12.3. The van der Waals surface area contributed by atoms with Gasteiger partial charge in [0.2, 0.25) is 0 Å². The molecular formula is C12H13N3O3. The number of rotatable bonds is 4. The lowest BCUT2D eigenvalue weighted by atomic mass is 10.1. The average molecular weight is 247 g/mol. The van der Waals surface area contributed by atoms with Crippen molar-refractivity contribution in [2.75, 3.05) is 25.1 Å². The lowest BCUT2D eigenvalue weighted by Gasteiger charge is -2.11. The molecule has 0 saturated carbocycles. The normalized spacial score (nSPS) is 18.3. The van der Waals surface area contributed by atoms with Gasteiger partial charge in [-0.25, -0.2) is 0 Å². The quantitative estimate of drug-likeness (QED) is 0.648. The van der Waals surface area contributed by atoms with Crippen molar-refractivity contribution in [2.24, 2.45) is 5.92 Å². The van der Waals surface area contributed by atoms with Gasteiger partial charge in [0.1, 0.15) is 6.07 Å². The first-order chi connectivity index (χ1) is 8.70. The summed E-state index contributed by atoms with van der Waals surface area (Å²) in [5.41, 5.74) is 0.861. The van der Waals surface area contributed by atoms with Crippen molar-refractivity contribution in [1.29, 1.82) is 5.26 Å². The number of hydrogen-bond acceptors (Lipinski definition) is 5. The highest BCUT2D eigenvalue weighted by Crippen LogP contribution is 2.22. The first-order valence-electron chi connectivity index (χ1n) is 5.71. The Bertz CT molecular complexity index is 490. The van der Waals surface area contributed by atoms with Crippen LogP contribution < -0.4 is 5.32 Å². The second-order valence-electron chi connectivity index (χ2n) is 4.21. The Kier molecular flexibility index (Phi) is 3.75. The van der Waals surface area contributed by atoms with Gasteiger partial charge in [-0.2, -0.15) is 5.26 Å². The van der Waals surface area contributed by atoms with E-state index in [-0.39, 0.29) is 5.69 Å². The second kappa shape index (κ2) is 5.47. The average Bonchev–Trinajstić information content (AvgIpc) is 2.89. The van der Waals surface area contributed by atoms with Crippen LogP contribution in [0.2, 0.25) is 0 Å². The van der Waals surface area contributed by atoms with Crippen LogP contribution in [0.4, 0.5) is 11.4 Å². The van der Waals surface area contributed by atoms with Gasteiger partial charge in [-0.15, -0.1) is 0 Å². The fraction of sp³-hybridized carbons (Fsp3) is 0.417. The zero-order valence-electron chi connectivity index (χ0n) is 9.76. The summed E-state index contributed by atoms with van der Waals surface area (Å²) in [6.07, 6.45) is 1.00. The van der Waals surface area contributed by atoms with Gasteiger partial charge in [0, 0.05) is 31.2 Å².